The summed E-state index contributed by atoms with van der Waals surface area (Å²) < 4.78 is 16.1. The van der Waals surface area contributed by atoms with E-state index in [1.54, 1.807) is 27.4 Å². The third-order valence-electron chi connectivity index (χ3n) is 4.49. The number of hydrogen-bond donors (Lipinski definition) is 2. The first-order valence-electron chi connectivity index (χ1n) is 8.00. The summed E-state index contributed by atoms with van der Waals surface area (Å²) in [6, 6.07) is 9.79. The van der Waals surface area contributed by atoms with Crippen LogP contribution in [0.2, 0.25) is 0 Å². The molecular weight excluding hydrogens is 306 g/mol. The molecule has 0 bridgehead atoms. The Labute approximate surface area is 142 Å². The van der Waals surface area contributed by atoms with Gasteiger partial charge in [0.2, 0.25) is 0 Å². The van der Waals surface area contributed by atoms with Crippen LogP contribution >= 0.6 is 0 Å². The maximum absolute atomic E-state index is 9.75. The minimum Gasteiger partial charge on any atom is -0.504 e. The summed E-state index contributed by atoms with van der Waals surface area (Å²) in [7, 11) is 4.87. The Kier molecular flexibility index (Phi) is 4.81. The van der Waals surface area contributed by atoms with Gasteiger partial charge < -0.3 is 24.6 Å². The molecule has 0 aromatic heterocycles. The normalized spacial score (nSPS) is 16.4. The molecule has 128 valence electrons. The molecule has 5 heteroatoms. The van der Waals surface area contributed by atoms with Gasteiger partial charge in [0.1, 0.15) is 0 Å². The van der Waals surface area contributed by atoms with Crippen LogP contribution in [0.5, 0.6) is 23.0 Å². The highest BCUT2D eigenvalue weighted by atomic mass is 16.5. The number of hydrogen-bond acceptors (Lipinski definition) is 5. The first kappa shape index (κ1) is 16.5. The molecule has 1 heterocycles. The second-order valence-corrected chi connectivity index (χ2v) is 5.87. The molecule has 5 nitrogen and oxygen atoms in total. The fourth-order valence-corrected chi connectivity index (χ4v) is 3.24. The maximum atomic E-state index is 9.75. The zero-order valence-electron chi connectivity index (χ0n) is 14.3. The predicted octanol–water partition coefficient (Wildman–Crippen LogP) is 2.85. The lowest BCUT2D eigenvalue weighted by molar-refractivity contribution is 0.352. The van der Waals surface area contributed by atoms with Crippen molar-refractivity contribution in [3.8, 4) is 23.0 Å². The summed E-state index contributed by atoms with van der Waals surface area (Å²) in [5.41, 5.74) is 3.61. The summed E-state index contributed by atoms with van der Waals surface area (Å²) in [6.07, 6.45) is 1.77. The van der Waals surface area contributed by atoms with E-state index in [0.29, 0.717) is 5.75 Å². The Bertz CT molecular complexity index is 730. The monoisotopic (exact) mass is 329 g/mol. The number of ether oxygens (including phenoxy) is 3. The van der Waals surface area contributed by atoms with E-state index in [0.717, 1.165) is 36.4 Å². The Hall–Kier alpha value is -2.40. The van der Waals surface area contributed by atoms with E-state index in [1.807, 2.05) is 12.1 Å². The Morgan fingerprint density at radius 3 is 2.42 bits per heavy atom. The molecule has 1 aliphatic rings. The molecule has 0 amide bonds. The third-order valence-corrected chi connectivity index (χ3v) is 4.49. The SMILES string of the molecule is COc1cc(C[C@@H]2NCCc3cc(OC)c(OC)cc32)ccc1O. The molecule has 0 saturated heterocycles. The first-order chi connectivity index (χ1) is 11.7. The highest BCUT2D eigenvalue weighted by Gasteiger charge is 2.23. The number of fused-ring (bicyclic) bond motifs is 1. The molecule has 0 spiro atoms. The number of aromatic hydroxyl groups is 1. The molecule has 0 radical (unpaired) electrons. The van der Waals surface area contributed by atoms with E-state index >= 15 is 0 Å². The number of phenolic OH excluding ortho intramolecular Hbond substituents is 1. The molecule has 2 aromatic rings. The second-order valence-electron chi connectivity index (χ2n) is 5.87. The minimum absolute atomic E-state index is 0.157. The van der Waals surface area contributed by atoms with Crippen molar-refractivity contribution >= 4 is 0 Å². The number of phenols is 1. The summed E-state index contributed by atoms with van der Waals surface area (Å²) in [6.45, 7) is 0.919. The minimum atomic E-state index is 0.157. The van der Waals surface area contributed by atoms with Crippen molar-refractivity contribution in [2.75, 3.05) is 27.9 Å². The molecule has 2 aromatic carbocycles. The van der Waals surface area contributed by atoms with E-state index in [9.17, 15) is 5.11 Å². The Morgan fingerprint density at radius 1 is 1.00 bits per heavy atom. The predicted molar refractivity (Wildman–Crippen MR) is 92.4 cm³/mol. The largest absolute Gasteiger partial charge is 0.504 e. The number of methoxy groups -OCH3 is 3. The van der Waals surface area contributed by atoms with Crippen LogP contribution in [0.1, 0.15) is 22.7 Å². The molecule has 1 aliphatic heterocycles. The average Bonchev–Trinajstić information content (AvgIpc) is 2.62. The molecule has 0 saturated carbocycles. The van der Waals surface area contributed by atoms with Crippen LogP contribution in [0.25, 0.3) is 0 Å². The van der Waals surface area contributed by atoms with Crippen molar-refractivity contribution in [1.82, 2.24) is 5.32 Å². The standard InChI is InChI=1S/C19H23NO4/c1-22-17-9-12(4-5-16(17)21)8-15-14-11-19(24-3)18(23-2)10-13(14)6-7-20-15/h4-5,9-11,15,20-21H,6-8H2,1-3H3/t15-/m0/s1. The lowest BCUT2D eigenvalue weighted by Gasteiger charge is -2.28. The zero-order chi connectivity index (χ0) is 17.1. The smallest absolute Gasteiger partial charge is 0.161 e. The van der Waals surface area contributed by atoms with Gasteiger partial charge in [-0.2, -0.15) is 0 Å². The highest BCUT2D eigenvalue weighted by molar-refractivity contribution is 5.50. The molecule has 2 N–H and O–H groups in total. The van der Waals surface area contributed by atoms with Gasteiger partial charge in [-0.15, -0.1) is 0 Å². The van der Waals surface area contributed by atoms with Gasteiger partial charge in [-0.05, 0) is 60.3 Å². The molecule has 1 atom stereocenters. The molecule has 3 rings (SSSR count). The van der Waals surface area contributed by atoms with Gasteiger partial charge >= 0.3 is 0 Å². The third kappa shape index (κ3) is 3.12. The van der Waals surface area contributed by atoms with E-state index in [2.05, 4.69) is 17.4 Å². The van der Waals surface area contributed by atoms with Crippen molar-refractivity contribution in [1.29, 1.82) is 0 Å². The average molecular weight is 329 g/mol. The number of benzene rings is 2. The van der Waals surface area contributed by atoms with E-state index in [1.165, 1.54) is 11.1 Å². The van der Waals surface area contributed by atoms with Crippen molar-refractivity contribution in [3.63, 3.8) is 0 Å². The fraction of sp³-hybridized carbons (Fsp3) is 0.368. The van der Waals surface area contributed by atoms with E-state index in [-0.39, 0.29) is 11.8 Å². The van der Waals surface area contributed by atoms with Gasteiger partial charge in [-0.1, -0.05) is 6.07 Å². The lowest BCUT2D eigenvalue weighted by atomic mass is 9.89. The summed E-state index contributed by atoms with van der Waals surface area (Å²) in [5, 5.41) is 13.3. The summed E-state index contributed by atoms with van der Waals surface area (Å²) in [4.78, 5) is 0. The van der Waals surface area contributed by atoms with Crippen molar-refractivity contribution in [2.45, 2.75) is 18.9 Å². The van der Waals surface area contributed by atoms with Crippen molar-refractivity contribution in [3.05, 3.63) is 47.0 Å². The topological polar surface area (TPSA) is 60.0 Å². The van der Waals surface area contributed by atoms with Crippen LogP contribution in [0.3, 0.4) is 0 Å². The van der Waals surface area contributed by atoms with E-state index < -0.39 is 0 Å². The zero-order valence-corrected chi connectivity index (χ0v) is 14.3. The van der Waals surface area contributed by atoms with Gasteiger partial charge in [0.05, 0.1) is 21.3 Å². The van der Waals surface area contributed by atoms with Crippen LogP contribution < -0.4 is 19.5 Å². The van der Waals surface area contributed by atoms with Crippen LogP contribution in [-0.2, 0) is 12.8 Å². The van der Waals surface area contributed by atoms with Crippen LogP contribution in [-0.4, -0.2) is 33.0 Å². The van der Waals surface area contributed by atoms with Gasteiger partial charge in [-0.3, -0.25) is 0 Å². The Balaban J connectivity index is 1.92. The van der Waals surface area contributed by atoms with Gasteiger partial charge in [0.25, 0.3) is 0 Å². The second kappa shape index (κ2) is 7.01. The Morgan fingerprint density at radius 2 is 1.71 bits per heavy atom. The van der Waals surface area contributed by atoms with Crippen LogP contribution in [0.15, 0.2) is 30.3 Å². The molecule has 0 unspecified atom stereocenters. The molecule has 0 fully saturated rings. The van der Waals surface area contributed by atoms with Gasteiger partial charge in [-0.25, -0.2) is 0 Å². The van der Waals surface area contributed by atoms with Gasteiger partial charge in [0, 0.05) is 6.04 Å². The highest BCUT2D eigenvalue weighted by Crippen LogP contribution is 2.37. The number of rotatable bonds is 5. The van der Waals surface area contributed by atoms with Crippen LogP contribution in [0.4, 0.5) is 0 Å². The fourth-order valence-electron chi connectivity index (χ4n) is 3.24. The summed E-state index contributed by atoms with van der Waals surface area (Å²) in [5.74, 6) is 2.16. The summed E-state index contributed by atoms with van der Waals surface area (Å²) >= 11 is 0. The quantitative estimate of drug-likeness (QED) is 0.883. The van der Waals surface area contributed by atoms with Gasteiger partial charge in [0.15, 0.2) is 23.0 Å². The molecular formula is C19H23NO4. The number of nitrogens with one attached hydrogen (secondary N) is 1. The first-order valence-corrected chi connectivity index (χ1v) is 8.00. The van der Waals surface area contributed by atoms with Crippen molar-refractivity contribution < 1.29 is 19.3 Å². The van der Waals surface area contributed by atoms with Crippen molar-refractivity contribution in [2.24, 2.45) is 0 Å². The maximum Gasteiger partial charge on any atom is 0.161 e. The lowest BCUT2D eigenvalue weighted by Crippen LogP contribution is -2.31. The van der Waals surface area contributed by atoms with E-state index in [4.69, 9.17) is 14.2 Å². The molecule has 0 aliphatic carbocycles. The molecule has 24 heavy (non-hydrogen) atoms. The van der Waals surface area contributed by atoms with Crippen LogP contribution in [0, 0.1) is 0 Å².